The fourth-order valence-electron chi connectivity index (χ4n) is 4.17. The molecule has 0 saturated heterocycles. The second kappa shape index (κ2) is 13.3. The number of nitrogens with zero attached hydrogens (tertiary/aromatic N) is 3. The zero-order chi connectivity index (χ0) is 29.4. The maximum atomic E-state index is 13.1. The molecule has 4 rings (SSSR count). The van der Waals surface area contributed by atoms with Gasteiger partial charge in [0.15, 0.2) is 5.82 Å². The zero-order valence-electron chi connectivity index (χ0n) is 21.9. The molecule has 0 spiro atoms. The molecule has 0 radical (unpaired) electrons. The molecule has 1 atom stereocenters. The van der Waals surface area contributed by atoms with Crippen molar-refractivity contribution < 1.29 is 42.1 Å². The van der Waals surface area contributed by atoms with Gasteiger partial charge in [0, 0.05) is 49.8 Å². The van der Waals surface area contributed by atoms with Crippen LogP contribution in [0.2, 0.25) is 0 Å². The van der Waals surface area contributed by atoms with E-state index in [4.69, 9.17) is 24.7 Å². The highest BCUT2D eigenvalue weighted by molar-refractivity contribution is 5.73. The molecule has 2 heterocycles. The predicted octanol–water partition coefficient (Wildman–Crippen LogP) is 5.27. The lowest BCUT2D eigenvalue weighted by molar-refractivity contribution is -0.192. The van der Waals surface area contributed by atoms with Crippen LogP contribution in [-0.4, -0.2) is 56.3 Å². The van der Waals surface area contributed by atoms with Crippen LogP contribution in [0.1, 0.15) is 35.7 Å². The minimum atomic E-state index is -5.08. The first-order valence-corrected chi connectivity index (χ1v) is 12.4. The molecule has 1 aliphatic rings. The van der Waals surface area contributed by atoms with Crippen LogP contribution in [0.3, 0.4) is 0 Å². The second-order valence-corrected chi connectivity index (χ2v) is 9.55. The van der Waals surface area contributed by atoms with E-state index in [2.05, 4.69) is 9.88 Å². The molecule has 0 fully saturated rings. The molecule has 0 aliphatic carbocycles. The van der Waals surface area contributed by atoms with E-state index >= 15 is 0 Å². The molecule has 3 aromatic rings. The molecular formula is C28H29F4N3O5. The standard InChI is InChI=1S/C26H28FN3O3.C2HF3O2/c1-17(11-25(31)32)14-30-10-9-23-21(15-30)13-28-26(29-23)20-5-8-24(18(2)12-20)33-16-19-3-6-22(27)7-4-19;3-2(4,5)1(6)7/h3-8,12-13,17H,9-11,14-16H2,1-2H3,(H,31,32);(H,6,7). The molecule has 214 valence electrons. The summed E-state index contributed by atoms with van der Waals surface area (Å²) in [6.45, 7) is 6.69. The highest BCUT2D eigenvalue weighted by atomic mass is 19.4. The van der Waals surface area contributed by atoms with Gasteiger partial charge in [0.1, 0.15) is 18.2 Å². The molecule has 0 bridgehead atoms. The van der Waals surface area contributed by atoms with Gasteiger partial charge in [-0.25, -0.2) is 19.2 Å². The normalized spacial score (nSPS) is 13.9. The van der Waals surface area contributed by atoms with E-state index in [-0.39, 0.29) is 18.2 Å². The van der Waals surface area contributed by atoms with Crippen molar-refractivity contribution in [2.75, 3.05) is 13.1 Å². The Balaban J connectivity index is 0.000000559. The van der Waals surface area contributed by atoms with Crippen LogP contribution in [0.25, 0.3) is 11.4 Å². The fourth-order valence-corrected chi connectivity index (χ4v) is 4.17. The van der Waals surface area contributed by atoms with Crippen LogP contribution in [0.4, 0.5) is 17.6 Å². The number of halogens is 4. The summed E-state index contributed by atoms with van der Waals surface area (Å²) in [5, 5.41) is 16.1. The lowest BCUT2D eigenvalue weighted by Crippen LogP contribution is -2.35. The average Bonchev–Trinajstić information content (AvgIpc) is 2.88. The van der Waals surface area contributed by atoms with Crippen LogP contribution >= 0.6 is 0 Å². The quantitative estimate of drug-likeness (QED) is 0.357. The van der Waals surface area contributed by atoms with Crippen molar-refractivity contribution in [1.82, 2.24) is 14.9 Å². The number of rotatable bonds is 8. The summed E-state index contributed by atoms with van der Waals surface area (Å²) >= 11 is 0. The Morgan fingerprint density at radius 3 is 2.40 bits per heavy atom. The highest BCUT2D eigenvalue weighted by Crippen LogP contribution is 2.27. The van der Waals surface area contributed by atoms with Gasteiger partial charge in [0.2, 0.25) is 0 Å². The summed E-state index contributed by atoms with van der Waals surface area (Å²) in [5.41, 5.74) is 4.97. The van der Waals surface area contributed by atoms with Crippen LogP contribution in [0.15, 0.2) is 48.7 Å². The number of benzene rings is 2. The topological polar surface area (TPSA) is 113 Å². The van der Waals surface area contributed by atoms with E-state index in [9.17, 15) is 22.4 Å². The van der Waals surface area contributed by atoms with Gasteiger partial charge in [-0.1, -0.05) is 19.1 Å². The predicted molar refractivity (Wildman–Crippen MR) is 137 cm³/mol. The molecule has 0 amide bonds. The molecule has 1 unspecified atom stereocenters. The van der Waals surface area contributed by atoms with E-state index in [1.54, 1.807) is 12.1 Å². The lowest BCUT2D eigenvalue weighted by atomic mass is 10.0. The summed E-state index contributed by atoms with van der Waals surface area (Å²) in [7, 11) is 0. The molecule has 1 aromatic heterocycles. The smallest absolute Gasteiger partial charge is 0.489 e. The summed E-state index contributed by atoms with van der Waals surface area (Å²) in [6.07, 6.45) is -2.19. The monoisotopic (exact) mass is 563 g/mol. The first-order chi connectivity index (χ1) is 18.8. The number of aliphatic carboxylic acids is 2. The number of aryl methyl sites for hydroxylation is 1. The Morgan fingerprint density at radius 2 is 1.80 bits per heavy atom. The Hall–Kier alpha value is -4.06. The Morgan fingerprint density at radius 1 is 1.12 bits per heavy atom. The van der Waals surface area contributed by atoms with Crippen LogP contribution in [0, 0.1) is 18.7 Å². The van der Waals surface area contributed by atoms with Crippen LogP contribution < -0.4 is 4.74 Å². The van der Waals surface area contributed by atoms with Crippen molar-refractivity contribution in [1.29, 1.82) is 0 Å². The third-order valence-electron chi connectivity index (χ3n) is 6.09. The van der Waals surface area contributed by atoms with Gasteiger partial charge >= 0.3 is 18.1 Å². The van der Waals surface area contributed by atoms with Gasteiger partial charge in [0.05, 0.1) is 5.69 Å². The van der Waals surface area contributed by atoms with Gasteiger partial charge in [-0.15, -0.1) is 0 Å². The van der Waals surface area contributed by atoms with Gasteiger partial charge in [-0.3, -0.25) is 9.69 Å². The largest absolute Gasteiger partial charge is 0.490 e. The van der Waals surface area contributed by atoms with Crippen LogP contribution in [0.5, 0.6) is 5.75 Å². The Bertz CT molecular complexity index is 1330. The average molecular weight is 564 g/mol. The van der Waals surface area contributed by atoms with E-state index in [1.807, 2.05) is 38.2 Å². The first kappa shape index (κ1) is 30.5. The van der Waals surface area contributed by atoms with Gasteiger partial charge < -0.3 is 14.9 Å². The summed E-state index contributed by atoms with van der Waals surface area (Å²) in [4.78, 5) is 31.5. The maximum Gasteiger partial charge on any atom is 0.490 e. The summed E-state index contributed by atoms with van der Waals surface area (Å²) in [5.74, 6) is -2.20. The number of fused-ring (bicyclic) bond motifs is 1. The zero-order valence-corrected chi connectivity index (χ0v) is 21.9. The van der Waals surface area contributed by atoms with Crippen molar-refractivity contribution in [3.63, 3.8) is 0 Å². The number of carboxylic acid groups (broad SMARTS) is 2. The number of carbonyl (C=O) groups is 2. The van der Waals surface area contributed by atoms with Crippen molar-refractivity contribution in [2.45, 2.75) is 46.0 Å². The number of hydrogen-bond acceptors (Lipinski definition) is 6. The Labute approximate surface area is 228 Å². The molecule has 12 heteroatoms. The van der Waals surface area contributed by atoms with Crippen molar-refractivity contribution >= 4 is 11.9 Å². The van der Waals surface area contributed by atoms with Crippen molar-refractivity contribution in [3.05, 3.63) is 76.9 Å². The molecular weight excluding hydrogens is 534 g/mol. The van der Waals surface area contributed by atoms with E-state index < -0.39 is 18.1 Å². The van der Waals surface area contributed by atoms with Crippen LogP contribution in [-0.2, 0) is 29.2 Å². The minimum Gasteiger partial charge on any atom is -0.489 e. The lowest BCUT2D eigenvalue weighted by Gasteiger charge is -2.29. The van der Waals surface area contributed by atoms with Gasteiger partial charge in [0.25, 0.3) is 0 Å². The number of ether oxygens (including phenoxy) is 1. The van der Waals surface area contributed by atoms with E-state index in [0.29, 0.717) is 12.4 Å². The first-order valence-electron chi connectivity index (χ1n) is 12.4. The second-order valence-electron chi connectivity index (χ2n) is 9.55. The maximum absolute atomic E-state index is 13.1. The third kappa shape index (κ3) is 9.01. The minimum absolute atomic E-state index is 0.107. The van der Waals surface area contributed by atoms with E-state index in [1.165, 1.54) is 12.1 Å². The van der Waals surface area contributed by atoms with Crippen molar-refractivity contribution in [3.8, 4) is 17.1 Å². The number of carboxylic acids is 2. The Kier molecular flexibility index (Phi) is 10.2. The fraction of sp³-hybridized carbons (Fsp3) is 0.357. The number of hydrogen-bond donors (Lipinski definition) is 2. The van der Waals surface area contributed by atoms with Gasteiger partial charge in [-0.05, 0) is 54.3 Å². The number of alkyl halides is 3. The SMILES string of the molecule is Cc1cc(-c2ncc3c(n2)CCN(CC(C)CC(=O)O)C3)ccc1OCc1ccc(F)cc1.O=C(O)C(F)(F)F. The van der Waals surface area contributed by atoms with Gasteiger partial charge in [-0.2, -0.15) is 13.2 Å². The molecule has 1 aliphatic heterocycles. The number of aromatic nitrogens is 2. The molecule has 0 saturated carbocycles. The summed E-state index contributed by atoms with van der Waals surface area (Å²) < 4.78 is 50.7. The van der Waals surface area contributed by atoms with E-state index in [0.717, 1.165) is 59.8 Å². The van der Waals surface area contributed by atoms with Crippen molar-refractivity contribution in [2.24, 2.45) is 5.92 Å². The molecule has 40 heavy (non-hydrogen) atoms. The summed E-state index contributed by atoms with van der Waals surface area (Å²) in [6, 6.07) is 12.2. The molecule has 2 aromatic carbocycles. The third-order valence-corrected chi connectivity index (χ3v) is 6.09. The molecule has 8 nitrogen and oxygen atoms in total. The highest BCUT2D eigenvalue weighted by Gasteiger charge is 2.38. The molecule has 2 N–H and O–H groups in total.